The van der Waals surface area contributed by atoms with Crippen molar-refractivity contribution >= 4 is 60.4 Å². The Bertz CT molecular complexity index is 1260. The molecular weight excluding hydrogens is 602 g/mol. The van der Waals surface area contributed by atoms with Gasteiger partial charge in [-0.3, -0.25) is 0 Å². The Hall–Kier alpha value is -1.82. The normalized spacial score (nSPS) is 11.5. The Kier molecular flexibility index (Phi) is 13.6. The van der Waals surface area contributed by atoms with E-state index in [-0.39, 0.29) is 12.8 Å². The van der Waals surface area contributed by atoms with Crippen molar-refractivity contribution in [3.8, 4) is 0 Å². The fourth-order valence-electron chi connectivity index (χ4n) is 4.03. The van der Waals surface area contributed by atoms with E-state index in [1.807, 2.05) is 0 Å². The van der Waals surface area contributed by atoms with Gasteiger partial charge in [0, 0.05) is 5.56 Å². The molecule has 0 bridgehead atoms. The number of hydrogen-bond donors (Lipinski definition) is 1. The van der Waals surface area contributed by atoms with Crippen molar-refractivity contribution in [2.45, 2.75) is 40.0 Å². The predicted molar refractivity (Wildman–Crippen MR) is 175 cm³/mol. The zero-order chi connectivity index (χ0) is 27.7. The van der Waals surface area contributed by atoms with Crippen molar-refractivity contribution in [2.75, 3.05) is 0 Å². The van der Waals surface area contributed by atoms with Gasteiger partial charge in [-0.15, -0.1) is 0 Å². The van der Waals surface area contributed by atoms with E-state index in [0.29, 0.717) is 0 Å². The van der Waals surface area contributed by atoms with Crippen LogP contribution in [-0.4, -0.2) is 5.84 Å². The molecule has 0 aliphatic rings. The SMILES string of the molecule is Cc1cccc(C)c1N=C(N[PH+](c1ccccc1)c1ccccc1)c1ccc(C(C)(C)C)cc1.[CH3-].[Cl][Cr+]([Cl])[Cl]. The van der Waals surface area contributed by atoms with Gasteiger partial charge in [-0.25, -0.2) is 10.1 Å². The first kappa shape index (κ1) is 33.4. The van der Waals surface area contributed by atoms with Crippen LogP contribution in [0.4, 0.5) is 5.69 Å². The van der Waals surface area contributed by atoms with Gasteiger partial charge < -0.3 is 7.43 Å². The third-order valence-electron chi connectivity index (χ3n) is 6.06. The van der Waals surface area contributed by atoms with E-state index >= 15 is 0 Å². The van der Waals surface area contributed by atoms with Gasteiger partial charge in [-0.1, -0.05) is 99.6 Å². The van der Waals surface area contributed by atoms with E-state index in [1.165, 1.54) is 27.3 Å². The molecule has 0 aromatic heterocycles. The van der Waals surface area contributed by atoms with Crippen molar-refractivity contribution < 1.29 is 11.4 Å². The number of nitrogens with zero attached hydrogens (tertiary/aromatic N) is 1. The predicted octanol–water partition coefficient (Wildman–Crippen LogP) is 9.57. The second-order valence-electron chi connectivity index (χ2n) is 9.94. The number of aryl methyl sites for hydroxylation is 2. The van der Waals surface area contributed by atoms with Gasteiger partial charge in [-0.05, 0) is 60.2 Å². The van der Waals surface area contributed by atoms with E-state index in [1.54, 1.807) is 0 Å². The molecule has 206 valence electrons. The average molecular weight is 639 g/mol. The standard InChI is InChI=1S/C31H33N2P.CH3.3ClH.Cr/c1-23-13-12-14-24(2)29(23)32-30(25-19-21-26(22-20-25)31(3,4)5)33-34(27-15-8-6-9-16-27)28-17-10-7-11-18-28;;;;;/h6-22H,1-5H3,(H,32,33);1H3;3*1H;/q;-1;;;;+4/p-2. The van der Waals surface area contributed by atoms with Crippen molar-refractivity contribution in [3.05, 3.63) is 133 Å². The van der Waals surface area contributed by atoms with Gasteiger partial charge in [0.15, 0.2) is 13.9 Å². The summed E-state index contributed by atoms with van der Waals surface area (Å²) in [5.74, 6) is 0.916. The van der Waals surface area contributed by atoms with Gasteiger partial charge in [0.2, 0.25) is 0 Å². The molecule has 0 aliphatic heterocycles. The first-order chi connectivity index (χ1) is 18.1. The Morgan fingerprint density at radius 2 is 1.13 bits per heavy atom. The summed E-state index contributed by atoms with van der Waals surface area (Å²) in [6, 6.07) is 36.7. The summed E-state index contributed by atoms with van der Waals surface area (Å²) in [5, 5.41) is 6.53. The molecule has 4 aromatic rings. The van der Waals surface area contributed by atoms with Crippen molar-refractivity contribution in [3.63, 3.8) is 0 Å². The van der Waals surface area contributed by atoms with Crippen molar-refractivity contribution in [1.82, 2.24) is 5.09 Å². The van der Waals surface area contributed by atoms with Gasteiger partial charge in [-0.2, -0.15) is 0 Å². The van der Waals surface area contributed by atoms with Crippen LogP contribution in [0.2, 0.25) is 0 Å². The van der Waals surface area contributed by atoms with Crippen LogP contribution in [-0.2, 0) is 16.8 Å². The number of halogens is 3. The molecule has 2 nitrogen and oxygen atoms in total. The number of benzene rings is 4. The maximum absolute atomic E-state index is 5.24. The number of hydrogen-bond acceptors (Lipinski definition) is 1. The molecular formula is C32H37Cl3CrN2P+. The molecule has 39 heavy (non-hydrogen) atoms. The molecule has 0 amide bonds. The summed E-state index contributed by atoms with van der Waals surface area (Å²) in [6.07, 6.45) is 0. The van der Waals surface area contributed by atoms with Gasteiger partial charge >= 0.3 is 41.5 Å². The Balaban J connectivity index is 0.000000998. The van der Waals surface area contributed by atoms with E-state index in [9.17, 15) is 0 Å². The molecule has 7 heteroatoms. The van der Waals surface area contributed by atoms with E-state index in [0.717, 1.165) is 17.1 Å². The monoisotopic (exact) mass is 637 g/mol. The molecule has 0 aliphatic carbocycles. The molecule has 0 atom stereocenters. The number of amidine groups is 1. The number of aliphatic imine (C=N–C) groups is 1. The third kappa shape index (κ3) is 10.3. The minimum atomic E-state index is -1.62. The van der Waals surface area contributed by atoms with Gasteiger partial charge in [0.1, 0.15) is 10.6 Å². The van der Waals surface area contributed by atoms with Crippen LogP contribution in [0, 0.1) is 21.3 Å². The second-order valence-corrected chi connectivity index (χ2v) is 18.4. The van der Waals surface area contributed by atoms with Crippen molar-refractivity contribution in [2.24, 2.45) is 4.99 Å². The van der Waals surface area contributed by atoms with Gasteiger partial charge in [0.05, 0.1) is 5.69 Å². The van der Waals surface area contributed by atoms with Crippen LogP contribution in [0.1, 0.15) is 43.0 Å². The van der Waals surface area contributed by atoms with E-state index in [2.05, 4.69) is 143 Å². The summed E-state index contributed by atoms with van der Waals surface area (Å²) in [4.78, 5) is 5.24. The summed E-state index contributed by atoms with van der Waals surface area (Å²) >= 11 is -1.62. The quantitative estimate of drug-likeness (QED) is 0.100. The number of nitrogens with one attached hydrogen (secondary N) is 1. The van der Waals surface area contributed by atoms with Crippen LogP contribution in [0.25, 0.3) is 0 Å². The Labute approximate surface area is 253 Å². The fraction of sp³-hybridized carbons (Fsp3) is 0.188. The van der Waals surface area contributed by atoms with Crippen LogP contribution in [0.15, 0.2) is 108 Å². The van der Waals surface area contributed by atoms with Crippen LogP contribution < -0.4 is 15.7 Å². The first-order valence-corrected chi connectivity index (χ1v) is 19.1. The summed E-state index contributed by atoms with van der Waals surface area (Å²) in [5.41, 5.74) is 5.92. The van der Waals surface area contributed by atoms with Crippen LogP contribution in [0.5, 0.6) is 0 Å². The molecule has 0 heterocycles. The van der Waals surface area contributed by atoms with E-state index in [4.69, 9.17) is 35.1 Å². The summed E-state index contributed by atoms with van der Waals surface area (Å²) in [6.45, 7) is 11.0. The van der Waals surface area contributed by atoms with E-state index < -0.39 is 19.5 Å². The third-order valence-corrected chi connectivity index (χ3v) is 8.36. The average Bonchev–Trinajstić information content (AvgIpc) is 2.88. The molecule has 0 saturated heterocycles. The maximum atomic E-state index is 5.24. The fourth-order valence-corrected chi connectivity index (χ4v) is 6.14. The number of para-hydroxylation sites is 1. The van der Waals surface area contributed by atoms with Crippen molar-refractivity contribution in [1.29, 1.82) is 0 Å². The first-order valence-electron chi connectivity index (χ1n) is 12.3. The Morgan fingerprint density at radius 1 is 0.692 bits per heavy atom. The molecule has 0 fully saturated rings. The molecule has 4 aromatic carbocycles. The van der Waals surface area contributed by atoms with Gasteiger partial charge in [0.25, 0.3) is 0 Å². The Morgan fingerprint density at radius 3 is 1.54 bits per heavy atom. The molecule has 1 N–H and O–H groups in total. The number of rotatable bonds is 5. The zero-order valence-corrected chi connectivity index (χ0v) is 27.8. The van der Waals surface area contributed by atoms with Crippen LogP contribution in [0.3, 0.4) is 0 Å². The topological polar surface area (TPSA) is 24.4 Å². The minimum absolute atomic E-state index is 0. The molecule has 4 rings (SSSR count). The summed E-state index contributed by atoms with van der Waals surface area (Å²) in [7, 11) is 13.5. The summed E-state index contributed by atoms with van der Waals surface area (Å²) < 4.78 is 0. The molecule has 0 spiro atoms. The zero-order valence-electron chi connectivity index (χ0n) is 23.3. The molecule has 0 radical (unpaired) electrons. The molecule has 0 saturated carbocycles. The van der Waals surface area contributed by atoms with Crippen LogP contribution >= 0.6 is 38.2 Å². The molecule has 0 unspecified atom stereocenters. The second kappa shape index (κ2) is 15.8.